The van der Waals surface area contributed by atoms with E-state index in [1.807, 2.05) is 42.5 Å². The molecule has 0 unspecified atom stereocenters. The monoisotopic (exact) mass is 309 g/mol. The van der Waals surface area contributed by atoms with E-state index in [0.717, 1.165) is 30.8 Å². The molecule has 2 aromatic carbocycles. The van der Waals surface area contributed by atoms with E-state index in [2.05, 4.69) is 17.0 Å². The highest BCUT2D eigenvalue weighted by Crippen LogP contribution is 2.22. The Morgan fingerprint density at radius 1 is 0.870 bits per heavy atom. The van der Waals surface area contributed by atoms with Crippen molar-refractivity contribution >= 4 is 5.97 Å². The number of piperidine rings is 1. The molecule has 1 aliphatic heterocycles. The van der Waals surface area contributed by atoms with Gasteiger partial charge in [0.25, 0.3) is 0 Å². The molecule has 3 nitrogen and oxygen atoms in total. The van der Waals surface area contributed by atoms with Gasteiger partial charge in [0.15, 0.2) is 0 Å². The quantitative estimate of drug-likeness (QED) is 0.614. The Morgan fingerprint density at radius 3 is 2.22 bits per heavy atom. The summed E-state index contributed by atoms with van der Waals surface area (Å²) in [4.78, 5) is 14.3. The van der Waals surface area contributed by atoms with Crippen LogP contribution in [-0.2, 0) is 4.79 Å². The van der Waals surface area contributed by atoms with Crippen LogP contribution in [-0.4, -0.2) is 30.5 Å². The van der Waals surface area contributed by atoms with Crippen molar-refractivity contribution in [1.29, 1.82) is 0 Å². The van der Waals surface area contributed by atoms with E-state index in [4.69, 9.17) is 4.74 Å². The van der Waals surface area contributed by atoms with E-state index >= 15 is 0 Å². The Morgan fingerprint density at radius 2 is 1.52 bits per heavy atom. The number of hydrogen-bond acceptors (Lipinski definition) is 3. The molecular formula is C20H23NO2. The smallest absolute Gasteiger partial charge is 0.312 e. The van der Waals surface area contributed by atoms with Gasteiger partial charge in [-0.3, -0.25) is 4.79 Å². The molecule has 2 aromatic rings. The van der Waals surface area contributed by atoms with E-state index in [0.29, 0.717) is 12.2 Å². The summed E-state index contributed by atoms with van der Waals surface area (Å²) in [6.45, 7) is 3.03. The molecule has 1 heterocycles. The fourth-order valence-electron chi connectivity index (χ4n) is 2.96. The van der Waals surface area contributed by atoms with Gasteiger partial charge in [-0.1, -0.05) is 48.9 Å². The second kappa shape index (κ2) is 7.93. The van der Waals surface area contributed by atoms with Crippen molar-refractivity contribution in [1.82, 2.24) is 4.90 Å². The Balaban J connectivity index is 1.50. The van der Waals surface area contributed by atoms with Gasteiger partial charge in [0, 0.05) is 6.54 Å². The maximum atomic E-state index is 12.0. The molecule has 0 radical (unpaired) electrons. The minimum Gasteiger partial charge on any atom is -0.426 e. The fourth-order valence-corrected chi connectivity index (χ4v) is 2.96. The zero-order valence-electron chi connectivity index (χ0n) is 13.4. The second-order valence-corrected chi connectivity index (χ2v) is 6.02. The molecule has 0 atom stereocenters. The predicted octanol–water partition coefficient (Wildman–Crippen LogP) is 4.14. The number of nitrogens with zero attached hydrogens (tertiary/aromatic N) is 1. The second-order valence-electron chi connectivity index (χ2n) is 6.02. The first-order valence-corrected chi connectivity index (χ1v) is 8.40. The highest BCUT2D eigenvalue weighted by atomic mass is 16.5. The molecule has 1 aliphatic rings. The normalized spacial score (nSPS) is 15.3. The largest absolute Gasteiger partial charge is 0.426 e. The SMILES string of the molecule is O=C(CCN1CCCCC1)Oc1ccc(-c2ccccc2)cc1. The van der Waals surface area contributed by atoms with Crippen LogP contribution in [0, 0.1) is 0 Å². The Bertz CT molecular complexity index is 616. The van der Waals surface area contributed by atoms with Crippen LogP contribution < -0.4 is 4.74 Å². The van der Waals surface area contributed by atoms with Crippen molar-refractivity contribution in [3.05, 3.63) is 54.6 Å². The third-order valence-corrected chi connectivity index (χ3v) is 4.27. The lowest BCUT2D eigenvalue weighted by Gasteiger charge is -2.25. The average molecular weight is 309 g/mol. The van der Waals surface area contributed by atoms with Crippen LogP contribution in [0.1, 0.15) is 25.7 Å². The number of benzene rings is 2. The molecule has 120 valence electrons. The molecule has 1 fully saturated rings. The van der Waals surface area contributed by atoms with Gasteiger partial charge >= 0.3 is 5.97 Å². The number of likely N-dealkylation sites (tertiary alicyclic amines) is 1. The average Bonchev–Trinajstić information content (AvgIpc) is 2.62. The van der Waals surface area contributed by atoms with Gasteiger partial charge in [0.1, 0.15) is 5.75 Å². The fraction of sp³-hybridized carbons (Fsp3) is 0.350. The molecule has 0 bridgehead atoms. The van der Waals surface area contributed by atoms with Crippen molar-refractivity contribution in [2.24, 2.45) is 0 Å². The number of carbonyl (C=O) groups excluding carboxylic acids is 1. The summed E-state index contributed by atoms with van der Waals surface area (Å²) in [6.07, 6.45) is 4.27. The standard InChI is InChI=1S/C20H23NO2/c22-20(13-16-21-14-5-2-6-15-21)23-19-11-9-18(10-12-19)17-7-3-1-4-8-17/h1,3-4,7-12H,2,5-6,13-16H2. The third-order valence-electron chi connectivity index (χ3n) is 4.27. The zero-order chi connectivity index (χ0) is 15.9. The van der Waals surface area contributed by atoms with Crippen LogP contribution in [0.25, 0.3) is 11.1 Å². The number of esters is 1. The molecular weight excluding hydrogens is 286 g/mol. The van der Waals surface area contributed by atoms with Crippen molar-refractivity contribution in [2.45, 2.75) is 25.7 Å². The summed E-state index contributed by atoms with van der Waals surface area (Å²) in [5, 5.41) is 0. The number of carbonyl (C=O) groups is 1. The summed E-state index contributed by atoms with van der Waals surface area (Å²) in [5.74, 6) is 0.469. The van der Waals surface area contributed by atoms with E-state index in [1.165, 1.54) is 19.3 Å². The summed E-state index contributed by atoms with van der Waals surface area (Å²) < 4.78 is 5.43. The van der Waals surface area contributed by atoms with Gasteiger partial charge in [0.2, 0.25) is 0 Å². The molecule has 0 amide bonds. The van der Waals surface area contributed by atoms with Crippen molar-refractivity contribution in [2.75, 3.05) is 19.6 Å². The van der Waals surface area contributed by atoms with Gasteiger partial charge in [-0.25, -0.2) is 0 Å². The van der Waals surface area contributed by atoms with Crippen LogP contribution in [0.2, 0.25) is 0 Å². The zero-order valence-corrected chi connectivity index (χ0v) is 13.4. The summed E-state index contributed by atoms with van der Waals surface area (Å²) in [6, 6.07) is 17.9. The van der Waals surface area contributed by atoms with Crippen LogP contribution in [0.4, 0.5) is 0 Å². The van der Waals surface area contributed by atoms with Gasteiger partial charge < -0.3 is 9.64 Å². The lowest BCUT2D eigenvalue weighted by molar-refractivity contribution is -0.134. The van der Waals surface area contributed by atoms with Crippen molar-refractivity contribution < 1.29 is 9.53 Å². The minimum atomic E-state index is -0.150. The molecule has 1 saturated heterocycles. The van der Waals surface area contributed by atoms with E-state index in [9.17, 15) is 4.79 Å². The van der Waals surface area contributed by atoms with Crippen LogP contribution in [0.3, 0.4) is 0 Å². The van der Waals surface area contributed by atoms with Crippen LogP contribution >= 0.6 is 0 Å². The number of hydrogen-bond donors (Lipinski definition) is 0. The van der Waals surface area contributed by atoms with Crippen LogP contribution in [0.15, 0.2) is 54.6 Å². The van der Waals surface area contributed by atoms with Gasteiger partial charge in [-0.15, -0.1) is 0 Å². The molecule has 0 N–H and O–H groups in total. The van der Waals surface area contributed by atoms with E-state index < -0.39 is 0 Å². The minimum absolute atomic E-state index is 0.150. The van der Waals surface area contributed by atoms with Crippen molar-refractivity contribution in [3.63, 3.8) is 0 Å². The van der Waals surface area contributed by atoms with Gasteiger partial charge in [-0.05, 0) is 49.2 Å². The third kappa shape index (κ3) is 4.67. The first-order chi connectivity index (χ1) is 11.3. The Hall–Kier alpha value is -2.13. The maximum Gasteiger partial charge on any atom is 0.312 e. The molecule has 23 heavy (non-hydrogen) atoms. The molecule has 0 saturated carbocycles. The molecule has 3 rings (SSSR count). The lowest BCUT2D eigenvalue weighted by atomic mass is 10.1. The van der Waals surface area contributed by atoms with Gasteiger partial charge in [0.05, 0.1) is 6.42 Å². The van der Waals surface area contributed by atoms with E-state index in [1.54, 1.807) is 0 Å². The number of rotatable bonds is 5. The van der Waals surface area contributed by atoms with Crippen molar-refractivity contribution in [3.8, 4) is 16.9 Å². The molecule has 0 aromatic heterocycles. The molecule has 0 spiro atoms. The van der Waals surface area contributed by atoms with Gasteiger partial charge in [-0.2, -0.15) is 0 Å². The number of ether oxygens (including phenoxy) is 1. The lowest BCUT2D eigenvalue weighted by Crippen LogP contribution is -2.32. The van der Waals surface area contributed by atoms with E-state index in [-0.39, 0.29) is 5.97 Å². The maximum absolute atomic E-state index is 12.0. The summed E-state index contributed by atoms with van der Waals surface area (Å²) in [5.41, 5.74) is 2.29. The highest BCUT2D eigenvalue weighted by Gasteiger charge is 2.12. The first-order valence-electron chi connectivity index (χ1n) is 8.40. The molecule has 0 aliphatic carbocycles. The highest BCUT2D eigenvalue weighted by molar-refractivity contribution is 5.73. The molecule has 3 heteroatoms. The Labute approximate surface area is 137 Å². The summed E-state index contributed by atoms with van der Waals surface area (Å²) >= 11 is 0. The summed E-state index contributed by atoms with van der Waals surface area (Å²) in [7, 11) is 0. The Kier molecular flexibility index (Phi) is 5.43. The first kappa shape index (κ1) is 15.8. The topological polar surface area (TPSA) is 29.5 Å². The predicted molar refractivity (Wildman–Crippen MR) is 92.4 cm³/mol. The van der Waals surface area contributed by atoms with Crippen LogP contribution in [0.5, 0.6) is 5.75 Å².